The smallest absolute Gasteiger partial charge is 0.241 e. The molecule has 1 amide bonds. The summed E-state index contributed by atoms with van der Waals surface area (Å²) < 4.78 is 16.1. The van der Waals surface area contributed by atoms with Crippen molar-refractivity contribution in [3.63, 3.8) is 0 Å². The number of methoxy groups -OCH3 is 2. The van der Waals surface area contributed by atoms with Crippen LogP contribution in [0.1, 0.15) is 30.7 Å². The Morgan fingerprint density at radius 3 is 2.70 bits per heavy atom. The minimum Gasteiger partial charge on any atom is -0.493 e. The molecule has 1 aromatic heterocycles. The van der Waals surface area contributed by atoms with Crippen molar-refractivity contribution in [1.82, 2.24) is 20.4 Å². The third-order valence-corrected chi connectivity index (χ3v) is 7.87. The molecule has 0 aliphatic carbocycles. The first kappa shape index (κ1) is 27.3. The number of hydrogen-bond acceptors (Lipinski definition) is 8. The van der Waals surface area contributed by atoms with Crippen LogP contribution in [0, 0.1) is 5.92 Å². The number of nitrogens with zero attached hydrogens (tertiary/aromatic N) is 3. The first-order valence-corrected chi connectivity index (χ1v) is 14.0. The molecule has 2 heterocycles. The van der Waals surface area contributed by atoms with Crippen LogP contribution in [0.3, 0.4) is 0 Å². The molecule has 10 heteroatoms. The number of aromatic nitrogens is 2. The van der Waals surface area contributed by atoms with Gasteiger partial charge in [0.25, 0.3) is 0 Å². The van der Waals surface area contributed by atoms with Crippen LogP contribution in [-0.4, -0.2) is 60.6 Å². The molecule has 4 rings (SSSR count). The van der Waals surface area contributed by atoms with Gasteiger partial charge in [-0.2, -0.15) is 16.7 Å². The number of halogens is 1. The van der Waals surface area contributed by atoms with Gasteiger partial charge < -0.3 is 19.3 Å². The Hall–Kier alpha value is -2.75. The van der Waals surface area contributed by atoms with E-state index in [4.69, 9.17) is 25.6 Å². The summed E-state index contributed by atoms with van der Waals surface area (Å²) in [5.74, 6) is 4.41. The highest BCUT2D eigenvalue weighted by molar-refractivity contribution is 7.98. The van der Waals surface area contributed by atoms with E-state index >= 15 is 0 Å². The molecule has 0 bridgehead atoms. The molecule has 0 spiro atoms. The lowest BCUT2D eigenvalue weighted by molar-refractivity contribution is -0.126. The van der Waals surface area contributed by atoms with Gasteiger partial charge in [0.05, 0.1) is 20.8 Å². The van der Waals surface area contributed by atoms with Gasteiger partial charge in [0.1, 0.15) is 0 Å². The third kappa shape index (κ3) is 7.63. The highest BCUT2D eigenvalue weighted by Crippen LogP contribution is 2.31. The summed E-state index contributed by atoms with van der Waals surface area (Å²) in [6.07, 6.45) is 2.59. The molecule has 8 nitrogen and oxygen atoms in total. The van der Waals surface area contributed by atoms with Crippen LogP contribution in [0.15, 0.2) is 47.0 Å². The predicted octanol–water partition coefficient (Wildman–Crippen LogP) is 5.06. The SMILES string of the molecule is COc1ccc(-c2noc(CN3CCC(C(=O)NCCCSCc4ccccc4Cl)CC3)n2)cc1OC. The van der Waals surface area contributed by atoms with Crippen molar-refractivity contribution >= 4 is 29.3 Å². The second-order valence-electron chi connectivity index (χ2n) is 8.92. The molecule has 0 unspecified atom stereocenters. The minimum atomic E-state index is 0.0528. The van der Waals surface area contributed by atoms with Gasteiger partial charge in [0.2, 0.25) is 17.6 Å². The molecule has 1 fully saturated rings. The molecule has 0 saturated carbocycles. The Kier molecular flexibility index (Phi) is 10.1. The van der Waals surface area contributed by atoms with E-state index in [2.05, 4.69) is 26.4 Å². The lowest BCUT2D eigenvalue weighted by Crippen LogP contribution is -2.40. The van der Waals surface area contributed by atoms with Gasteiger partial charge in [-0.25, -0.2) is 0 Å². The highest BCUT2D eigenvalue weighted by Gasteiger charge is 2.26. The molecule has 0 radical (unpaired) electrons. The maximum Gasteiger partial charge on any atom is 0.241 e. The van der Waals surface area contributed by atoms with Crippen LogP contribution in [0.4, 0.5) is 0 Å². The molecule has 198 valence electrons. The third-order valence-electron chi connectivity index (χ3n) is 6.41. The number of amides is 1. The van der Waals surface area contributed by atoms with E-state index in [9.17, 15) is 4.79 Å². The number of rotatable bonds is 12. The highest BCUT2D eigenvalue weighted by atomic mass is 35.5. The Bertz CT molecular complexity index is 1170. The zero-order chi connectivity index (χ0) is 26.0. The van der Waals surface area contributed by atoms with Crippen LogP contribution < -0.4 is 14.8 Å². The second-order valence-corrected chi connectivity index (χ2v) is 10.4. The zero-order valence-corrected chi connectivity index (χ0v) is 22.8. The molecule has 1 aliphatic rings. The van der Waals surface area contributed by atoms with Crippen LogP contribution >= 0.6 is 23.4 Å². The van der Waals surface area contributed by atoms with Crippen molar-refractivity contribution < 1.29 is 18.8 Å². The monoisotopic (exact) mass is 544 g/mol. The van der Waals surface area contributed by atoms with E-state index in [1.54, 1.807) is 14.2 Å². The number of nitrogens with one attached hydrogen (secondary N) is 1. The second kappa shape index (κ2) is 13.7. The van der Waals surface area contributed by atoms with E-state index in [0.717, 1.165) is 60.0 Å². The molecular formula is C27H33ClN4O4S. The number of hydrogen-bond donors (Lipinski definition) is 1. The van der Waals surface area contributed by atoms with E-state index in [-0.39, 0.29) is 11.8 Å². The van der Waals surface area contributed by atoms with Gasteiger partial charge in [-0.1, -0.05) is 35.0 Å². The predicted molar refractivity (Wildman–Crippen MR) is 146 cm³/mol. The standard InChI is InChI=1S/C27H33ClN4O4S/c1-34-23-9-8-20(16-24(23)35-2)26-30-25(36-31-26)17-32-13-10-19(11-14-32)27(33)29-12-5-15-37-18-21-6-3-4-7-22(21)28/h3-4,6-9,16,19H,5,10-15,17-18H2,1-2H3,(H,29,33). The maximum absolute atomic E-state index is 12.6. The first-order valence-electron chi connectivity index (χ1n) is 12.4. The summed E-state index contributed by atoms with van der Waals surface area (Å²) in [5, 5.41) is 8.04. The molecule has 3 aromatic rings. The molecule has 1 aliphatic heterocycles. The first-order chi connectivity index (χ1) is 18.1. The number of carbonyl (C=O) groups is 1. The van der Waals surface area contributed by atoms with Crippen LogP contribution in [0.2, 0.25) is 5.02 Å². The van der Waals surface area contributed by atoms with Crippen molar-refractivity contribution in [3.8, 4) is 22.9 Å². The Labute approximate surface area is 227 Å². The lowest BCUT2D eigenvalue weighted by atomic mass is 9.96. The normalized spacial score (nSPS) is 14.5. The van der Waals surface area contributed by atoms with E-state index < -0.39 is 0 Å². The topological polar surface area (TPSA) is 89.7 Å². The fourth-order valence-electron chi connectivity index (χ4n) is 4.28. The van der Waals surface area contributed by atoms with Crippen molar-refractivity contribution in [3.05, 3.63) is 58.9 Å². The molecule has 2 aromatic carbocycles. The van der Waals surface area contributed by atoms with Gasteiger partial charge in [-0.3, -0.25) is 9.69 Å². The summed E-state index contributed by atoms with van der Waals surface area (Å²) in [7, 11) is 3.19. The number of likely N-dealkylation sites (tertiary alicyclic amines) is 1. The summed E-state index contributed by atoms with van der Waals surface area (Å²) >= 11 is 8.04. The Balaban J connectivity index is 1.14. The van der Waals surface area contributed by atoms with Gasteiger partial charge >= 0.3 is 0 Å². The number of thioether (sulfide) groups is 1. The number of benzene rings is 2. The molecule has 37 heavy (non-hydrogen) atoms. The Morgan fingerprint density at radius 2 is 1.95 bits per heavy atom. The molecular weight excluding hydrogens is 512 g/mol. The molecule has 1 saturated heterocycles. The number of carbonyl (C=O) groups excluding carboxylic acids is 1. The summed E-state index contributed by atoms with van der Waals surface area (Å²) in [6.45, 7) is 2.91. The number of ether oxygens (including phenoxy) is 2. The minimum absolute atomic E-state index is 0.0528. The fraction of sp³-hybridized carbons (Fsp3) is 0.444. The van der Waals surface area contributed by atoms with Gasteiger partial charge in [0.15, 0.2) is 11.5 Å². The average Bonchev–Trinajstić information content (AvgIpc) is 3.39. The van der Waals surface area contributed by atoms with Crippen molar-refractivity contribution in [2.45, 2.75) is 31.6 Å². The largest absolute Gasteiger partial charge is 0.493 e. The maximum atomic E-state index is 12.6. The van der Waals surface area contributed by atoms with Crippen molar-refractivity contribution in [1.29, 1.82) is 0 Å². The van der Waals surface area contributed by atoms with Crippen LogP contribution in [-0.2, 0) is 17.1 Å². The van der Waals surface area contributed by atoms with E-state index in [1.165, 1.54) is 0 Å². The summed E-state index contributed by atoms with van der Waals surface area (Å²) in [6, 6.07) is 13.4. The van der Waals surface area contributed by atoms with Crippen LogP contribution in [0.25, 0.3) is 11.4 Å². The quantitative estimate of drug-likeness (QED) is 0.316. The Morgan fingerprint density at radius 1 is 1.16 bits per heavy atom. The zero-order valence-electron chi connectivity index (χ0n) is 21.2. The fourth-order valence-corrected chi connectivity index (χ4v) is 5.53. The lowest BCUT2D eigenvalue weighted by Gasteiger charge is -2.30. The molecule has 0 atom stereocenters. The van der Waals surface area contributed by atoms with Gasteiger partial charge in [0, 0.05) is 28.8 Å². The molecule has 1 N–H and O–H groups in total. The summed E-state index contributed by atoms with van der Waals surface area (Å²) in [4.78, 5) is 19.4. The van der Waals surface area contributed by atoms with E-state index in [1.807, 2.05) is 48.2 Å². The number of piperidine rings is 1. The average molecular weight is 545 g/mol. The van der Waals surface area contributed by atoms with Crippen LogP contribution in [0.5, 0.6) is 11.5 Å². The van der Waals surface area contributed by atoms with E-state index in [0.29, 0.717) is 36.3 Å². The van der Waals surface area contributed by atoms with Crippen molar-refractivity contribution in [2.75, 3.05) is 39.6 Å². The van der Waals surface area contributed by atoms with Gasteiger partial charge in [-0.15, -0.1) is 0 Å². The van der Waals surface area contributed by atoms with Crippen molar-refractivity contribution in [2.24, 2.45) is 5.92 Å². The summed E-state index contributed by atoms with van der Waals surface area (Å²) in [5.41, 5.74) is 1.95. The van der Waals surface area contributed by atoms with Gasteiger partial charge in [-0.05, 0) is 67.9 Å².